The van der Waals surface area contributed by atoms with Gasteiger partial charge in [0.05, 0.1) is 18.0 Å². The molecule has 0 aromatic heterocycles. The molecule has 1 saturated heterocycles. The van der Waals surface area contributed by atoms with Gasteiger partial charge in [-0.1, -0.05) is 0 Å². The second-order valence-electron chi connectivity index (χ2n) is 3.66. The number of rotatable bonds is 3. The lowest BCUT2D eigenvalue weighted by Gasteiger charge is -2.23. The van der Waals surface area contributed by atoms with E-state index in [1.165, 1.54) is 7.11 Å². The number of hydrogen-bond donors (Lipinski definition) is 0. The van der Waals surface area contributed by atoms with Crippen molar-refractivity contribution in [2.75, 3.05) is 19.5 Å². The number of ketones is 1. The van der Waals surface area contributed by atoms with Crippen LogP contribution >= 0.6 is 11.6 Å². The van der Waals surface area contributed by atoms with Gasteiger partial charge in [-0.2, -0.15) is 13.2 Å². The van der Waals surface area contributed by atoms with Crippen LogP contribution in [0.5, 0.6) is 0 Å². The Bertz CT molecular complexity index is 321. The summed E-state index contributed by atoms with van der Waals surface area (Å²) in [5.74, 6) is -3.06. The molecule has 8 heteroatoms. The van der Waals surface area contributed by atoms with Crippen LogP contribution in [0.1, 0.15) is 6.42 Å². The van der Waals surface area contributed by atoms with Crippen LogP contribution in [0.3, 0.4) is 0 Å². The molecule has 0 aliphatic carbocycles. The number of likely N-dealkylation sites (tertiary alicyclic amines) is 1. The van der Waals surface area contributed by atoms with Crippen LogP contribution in [0.15, 0.2) is 0 Å². The van der Waals surface area contributed by atoms with E-state index in [2.05, 4.69) is 0 Å². The van der Waals surface area contributed by atoms with E-state index < -0.39 is 35.9 Å². The molecule has 17 heavy (non-hydrogen) atoms. The smallest absolute Gasteiger partial charge is 0.380 e. The van der Waals surface area contributed by atoms with Crippen molar-refractivity contribution in [3.05, 3.63) is 0 Å². The highest BCUT2D eigenvalue weighted by Crippen LogP contribution is 2.27. The van der Waals surface area contributed by atoms with Crippen LogP contribution in [-0.2, 0) is 14.3 Å². The molecule has 1 rings (SSSR count). The molecule has 1 heterocycles. The molecule has 0 radical (unpaired) electrons. The van der Waals surface area contributed by atoms with Gasteiger partial charge < -0.3 is 9.64 Å². The summed E-state index contributed by atoms with van der Waals surface area (Å²) in [5.41, 5.74) is 0. The lowest BCUT2D eigenvalue weighted by molar-refractivity contribution is -0.186. The molecule has 98 valence electrons. The number of amides is 1. The molecule has 0 aromatic carbocycles. The van der Waals surface area contributed by atoms with Gasteiger partial charge in [0.15, 0.2) is 5.78 Å². The minimum atomic E-state index is -4.99. The predicted molar refractivity (Wildman–Crippen MR) is 52.7 cm³/mol. The Morgan fingerprint density at radius 1 is 1.47 bits per heavy atom. The third-order valence-corrected chi connectivity index (χ3v) is 2.87. The quantitative estimate of drug-likeness (QED) is 0.720. The molecule has 0 saturated carbocycles. The zero-order chi connectivity index (χ0) is 13.2. The molecule has 1 amide bonds. The molecular weight excluding hydrogens is 263 g/mol. The number of halogens is 4. The summed E-state index contributed by atoms with van der Waals surface area (Å²) in [7, 11) is 1.31. The first kappa shape index (κ1) is 14.2. The van der Waals surface area contributed by atoms with Crippen LogP contribution in [0, 0.1) is 0 Å². The number of nitrogens with zero attached hydrogens (tertiary/aromatic N) is 1. The van der Waals surface area contributed by atoms with Crippen LogP contribution in [0.4, 0.5) is 13.2 Å². The third kappa shape index (κ3) is 3.10. The number of ether oxygens (including phenoxy) is 1. The second-order valence-corrected chi connectivity index (χ2v) is 3.93. The first-order chi connectivity index (χ1) is 7.81. The predicted octanol–water partition coefficient (Wildman–Crippen LogP) is 0.972. The summed E-state index contributed by atoms with van der Waals surface area (Å²) < 4.78 is 41.8. The first-order valence-corrected chi connectivity index (χ1v) is 5.34. The molecule has 2 unspecified atom stereocenters. The molecule has 0 bridgehead atoms. The van der Waals surface area contributed by atoms with Gasteiger partial charge in [-0.15, -0.1) is 11.6 Å². The topological polar surface area (TPSA) is 46.6 Å². The highest BCUT2D eigenvalue weighted by Gasteiger charge is 2.49. The van der Waals surface area contributed by atoms with E-state index in [1.807, 2.05) is 0 Å². The van der Waals surface area contributed by atoms with Crippen molar-refractivity contribution in [2.24, 2.45) is 0 Å². The van der Waals surface area contributed by atoms with Crippen molar-refractivity contribution >= 4 is 23.3 Å². The van der Waals surface area contributed by atoms with Gasteiger partial charge in [0.2, 0.25) is 0 Å². The third-order valence-electron chi connectivity index (χ3n) is 2.60. The summed E-state index contributed by atoms with van der Waals surface area (Å²) in [6.45, 7) is -0.248. The summed E-state index contributed by atoms with van der Waals surface area (Å²) in [6.07, 6.45) is -5.52. The summed E-state index contributed by atoms with van der Waals surface area (Å²) in [6, 6.07) is -1.15. The molecule has 1 fully saturated rings. The van der Waals surface area contributed by atoms with Crippen molar-refractivity contribution < 1.29 is 27.5 Å². The zero-order valence-corrected chi connectivity index (χ0v) is 9.72. The minimum absolute atomic E-state index is 0.0455. The van der Waals surface area contributed by atoms with Gasteiger partial charge in [-0.25, -0.2) is 0 Å². The Kier molecular flexibility index (Phi) is 4.37. The summed E-state index contributed by atoms with van der Waals surface area (Å²) in [4.78, 5) is 23.0. The number of methoxy groups -OCH3 is 1. The Morgan fingerprint density at radius 3 is 2.47 bits per heavy atom. The first-order valence-electron chi connectivity index (χ1n) is 4.80. The molecule has 0 aromatic rings. The number of alkyl halides is 4. The average Bonchev–Trinajstić information content (AvgIpc) is 2.69. The van der Waals surface area contributed by atoms with E-state index in [0.29, 0.717) is 4.90 Å². The average molecular weight is 274 g/mol. The number of carbonyl (C=O) groups excluding carboxylic acids is 2. The highest BCUT2D eigenvalue weighted by atomic mass is 35.5. The van der Waals surface area contributed by atoms with E-state index >= 15 is 0 Å². The molecule has 4 nitrogen and oxygen atoms in total. The van der Waals surface area contributed by atoms with E-state index in [9.17, 15) is 22.8 Å². The van der Waals surface area contributed by atoms with Gasteiger partial charge in [0.25, 0.3) is 0 Å². The van der Waals surface area contributed by atoms with Crippen molar-refractivity contribution in [1.82, 2.24) is 4.90 Å². The fraction of sp³-hybridized carbons (Fsp3) is 0.778. The van der Waals surface area contributed by atoms with E-state index in [4.69, 9.17) is 16.3 Å². The Balaban J connectivity index is 2.87. The maximum absolute atomic E-state index is 12.3. The van der Waals surface area contributed by atoms with Crippen molar-refractivity contribution in [1.29, 1.82) is 0 Å². The van der Waals surface area contributed by atoms with E-state index in [1.54, 1.807) is 0 Å². The fourth-order valence-corrected chi connectivity index (χ4v) is 1.93. The van der Waals surface area contributed by atoms with Crippen molar-refractivity contribution in [3.63, 3.8) is 0 Å². The van der Waals surface area contributed by atoms with Crippen molar-refractivity contribution in [3.8, 4) is 0 Å². The lowest BCUT2D eigenvalue weighted by Crippen LogP contribution is -2.47. The van der Waals surface area contributed by atoms with E-state index in [0.717, 1.165) is 0 Å². The summed E-state index contributed by atoms with van der Waals surface area (Å²) in [5, 5.41) is 0. The Labute approximate surface area is 101 Å². The number of hydrogen-bond acceptors (Lipinski definition) is 3. The van der Waals surface area contributed by atoms with Gasteiger partial charge in [0, 0.05) is 20.1 Å². The highest BCUT2D eigenvalue weighted by molar-refractivity contribution is 6.28. The number of Topliss-reactive ketones (excluding diaryl/α,β-unsaturated/α-hetero) is 1. The molecular formula is C9H11ClF3NO3. The largest absolute Gasteiger partial charge is 0.471 e. The minimum Gasteiger partial charge on any atom is -0.380 e. The maximum Gasteiger partial charge on any atom is 0.471 e. The molecule has 0 N–H and O–H groups in total. The molecule has 1 aliphatic heterocycles. The monoisotopic (exact) mass is 273 g/mol. The SMILES string of the molecule is COC1CC(C(=O)CCl)N(C(=O)C(F)(F)F)C1. The molecule has 2 atom stereocenters. The Morgan fingerprint density at radius 2 is 2.06 bits per heavy atom. The second kappa shape index (κ2) is 5.22. The zero-order valence-electron chi connectivity index (χ0n) is 8.96. The molecule has 1 aliphatic rings. The Hall–Kier alpha value is -0.820. The number of carbonyl (C=O) groups is 2. The lowest BCUT2D eigenvalue weighted by atomic mass is 10.1. The summed E-state index contributed by atoms with van der Waals surface area (Å²) >= 11 is 5.30. The van der Waals surface area contributed by atoms with Crippen LogP contribution in [0.2, 0.25) is 0 Å². The van der Waals surface area contributed by atoms with E-state index in [-0.39, 0.29) is 13.0 Å². The van der Waals surface area contributed by atoms with Crippen LogP contribution in [-0.4, -0.2) is 54.4 Å². The van der Waals surface area contributed by atoms with Gasteiger partial charge in [-0.05, 0) is 0 Å². The standard InChI is InChI=1S/C9H11ClF3NO3/c1-17-5-2-6(7(15)3-10)14(4-5)8(16)9(11,12)13/h5-6H,2-4H2,1H3. The van der Waals surface area contributed by atoms with Crippen molar-refractivity contribution in [2.45, 2.75) is 24.7 Å². The van der Waals surface area contributed by atoms with Gasteiger partial charge in [0.1, 0.15) is 0 Å². The maximum atomic E-state index is 12.3. The van der Waals surface area contributed by atoms with Crippen LogP contribution < -0.4 is 0 Å². The fourth-order valence-electron chi connectivity index (χ4n) is 1.75. The molecule has 0 spiro atoms. The van der Waals surface area contributed by atoms with Crippen LogP contribution in [0.25, 0.3) is 0 Å². The van der Waals surface area contributed by atoms with Gasteiger partial charge >= 0.3 is 12.1 Å². The van der Waals surface area contributed by atoms with Gasteiger partial charge in [-0.3, -0.25) is 9.59 Å². The normalized spacial score (nSPS) is 25.1.